The van der Waals surface area contributed by atoms with Gasteiger partial charge in [-0.1, -0.05) is 32.0 Å². The van der Waals surface area contributed by atoms with Crippen LogP contribution in [-0.4, -0.2) is 34.3 Å². The van der Waals surface area contributed by atoms with E-state index in [-0.39, 0.29) is 17.7 Å². The molecule has 0 saturated heterocycles. The van der Waals surface area contributed by atoms with Gasteiger partial charge in [0.1, 0.15) is 5.84 Å². The van der Waals surface area contributed by atoms with Gasteiger partial charge in [0.15, 0.2) is 0 Å². The van der Waals surface area contributed by atoms with E-state index < -0.39 is 0 Å². The van der Waals surface area contributed by atoms with Gasteiger partial charge in [0.25, 0.3) is 0 Å². The lowest BCUT2D eigenvalue weighted by Crippen LogP contribution is -2.33. The summed E-state index contributed by atoms with van der Waals surface area (Å²) in [5.41, 5.74) is 0.838. The number of benzene rings is 1. The Hall–Kier alpha value is -2.52. The second kappa shape index (κ2) is 11.8. The number of aliphatic imine (C=N–C) groups is 3. The first-order chi connectivity index (χ1) is 16.5. The van der Waals surface area contributed by atoms with E-state index in [1.807, 2.05) is 37.4 Å². The number of hydrogen-bond acceptors (Lipinski definition) is 6. The minimum atomic E-state index is 0.124. The van der Waals surface area contributed by atoms with Crippen LogP contribution in [-0.2, 0) is 4.79 Å². The number of thioether (sulfide) groups is 1. The summed E-state index contributed by atoms with van der Waals surface area (Å²) in [5, 5.41) is 8.06. The molecule has 9 heteroatoms. The molecule has 2 N–H and O–H groups in total. The highest BCUT2D eigenvalue weighted by Gasteiger charge is 2.29. The molecule has 1 atom stereocenters. The molecule has 180 valence electrons. The topological polar surface area (TPSA) is 91.1 Å². The molecule has 1 saturated carbocycles. The van der Waals surface area contributed by atoms with Crippen LogP contribution in [0.3, 0.4) is 0 Å². The Morgan fingerprint density at radius 2 is 2.06 bits per heavy atom. The molecule has 34 heavy (non-hydrogen) atoms. The molecule has 1 amide bonds. The lowest BCUT2D eigenvalue weighted by molar-refractivity contribution is -0.117. The number of aryl methyl sites for hydroxylation is 1. The fourth-order valence-electron chi connectivity index (χ4n) is 3.38. The molecule has 0 bridgehead atoms. The van der Waals surface area contributed by atoms with Crippen molar-refractivity contribution in [2.24, 2.45) is 26.8 Å². The van der Waals surface area contributed by atoms with Crippen molar-refractivity contribution in [3.63, 3.8) is 0 Å². The molecule has 2 aliphatic rings. The maximum absolute atomic E-state index is 12.0. The van der Waals surface area contributed by atoms with Gasteiger partial charge in [0.2, 0.25) is 17.0 Å². The van der Waals surface area contributed by atoms with Crippen molar-refractivity contribution in [3.05, 3.63) is 35.3 Å². The van der Waals surface area contributed by atoms with E-state index in [1.165, 1.54) is 0 Å². The molecule has 7 nitrogen and oxygen atoms in total. The summed E-state index contributed by atoms with van der Waals surface area (Å²) >= 11 is 3.19. The van der Waals surface area contributed by atoms with E-state index in [9.17, 15) is 4.79 Å². The van der Waals surface area contributed by atoms with Crippen LogP contribution in [0.25, 0.3) is 0 Å². The zero-order chi connectivity index (χ0) is 23.9. The Balaban J connectivity index is 1.53. The SMILES string of the molecule is CCCCN=C1CCC(C)C(Sc2ccc(NC(=O)C3CC3)cc2)=NC(=Nc2ncc(C)s2)N1. The number of carbonyl (C=O) groups excluding carboxylic acids is 1. The highest BCUT2D eigenvalue weighted by molar-refractivity contribution is 8.14. The summed E-state index contributed by atoms with van der Waals surface area (Å²) in [7, 11) is 0. The van der Waals surface area contributed by atoms with Gasteiger partial charge in [-0.05, 0) is 56.9 Å². The number of anilines is 1. The first kappa shape index (κ1) is 24.6. The van der Waals surface area contributed by atoms with Gasteiger partial charge in [-0.25, -0.2) is 9.98 Å². The molecule has 0 spiro atoms. The highest BCUT2D eigenvalue weighted by atomic mass is 32.2. The number of amides is 1. The van der Waals surface area contributed by atoms with Gasteiger partial charge < -0.3 is 10.6 Å². The maximum atomic E-state index is 12.0. The van der Waals surface area contributed by atoms with Crippen LogP contribution in [0.2, 0.25) is 0 Å². The first-order valence-corrected chi connectivity index (χ1v) is 13.6. The number of nitrogens with one attached hydrogen (secondary N) is 2. The molecule has 2 aromatic rings. The van der Waals surface area contributed by atoms with Crippen molar-refractivity contribution in [2.45, 2.75) is 64.2 Å². The molecular formula is C25H32N6OS2. The van der Waals surface area contributed by atoms with Gasteiger partial charge in [0, 0.05) is 46.5 Å². The van der Waals surface area contributed by atoms with Crippen molar-refractivity contribution in [2.75, 3.05) is 11.9 Å². The predicted molar refractivity (Wildman–Crippen MR) is 144 cm³/mol. The minimum absolute atomic E-state index is 0.124. The van der Waals surface area contributed by atoms with Gasteiger partial charge in [-0.2, -0.15) is 4.99 Å². The van der Waals surface area contributed by atoms with E-state index in [0.717, 1.165) is 71.4 Å². The van der Waals surface area contributed by atoms with Crippen molar-refractivity contribution >= 4 is 56.7 Å². The number of nitrogens with zero attached hydrogens (tertiary/aromatic N) is 4. The van der Waals surface area contributed by atoms with E-state index in [2.05, 4.69) is 29.5 Å². The number of unbranched alkanes of at least 4 members (excludes halogenated alkanes) is 1. The number of amidine groups is 1. The molecule has 1 aliphatic heterocycles. The minimum Gasteiger partial charge on any atom is -0.326 e. The Bertz CT molecular complexity index is 1090. The van der Waals surface area contributed by atoms with E-state index in [1.54, 1.807) is 23.1 Å². The Labute approximate surface area is 209 Å². The number of thiazole rings is 1. The number of rotatable bonds is 7. The molecule has 4 rings (SSSR count). The van der Waals surface area contributed by atoms with Crippen molar-refractivity contribution in [1.29, 1.82) is 0 Å². The summed E-state index contributed by atoms with van der Waals surface area (Å²) in [6.45, 7) is 7.21. The number of aromatic nitrogens is 1. The molecule has 1 fully saturated rings. The van der Waals surface area contributed by atoms with Crippen LogP contribution < -0.4 is 10.6 Å². The van der Waals surface area contributed by atoms with Crippen LogP contribution in [0.5, 0.6) is 0 Å². The van der Waals surface area contributed by atoms with Gasteiger partial charge in [0.05, 0.1) is 5.04 Å². The third-order valence-electron chi connectivity index (χ3n) is 5.63. The Morgan fingerprint density at radius 1 is 1.26 bits per heavy atom. The van der Waals surface area contributed by atoms with Crippen LogP contribution in [0, 0.1) is 18.8 Å². The van der Waals surface area contributed by atoms with Crippen LogP contribution in [0.1, 0.15) is 57.2 Å². The monoisotopic (exact) mass is 496 g/mol. The Morgan fingerprint density at radius 3 is 2.74 bits per heavy atom. The summed E-state index contributed by atoms with van der Waals surface area (Å²) in [4.78, 5) is 33.0. The van der Waals surface area contributed by atoms with Gasteiger partial charge in [-0.15, -0.1) is 11.3 Å². The molecule has 2 heterocycles. The fraction of sp³-hybridized carbons (Fsp3) is 0.480. The van der Waals surface area contributed by atoms with Gasteiger partial charge >= 0.3 is 0 Å². The quantitative estimate of drug-likeness (QED) is 0.447. The highest BCUT2D eigenvalue weighted by Crippen LogP contribution is 2.31. The lowest BCUT2D eigenvalue weighted by atomic mass is 10.1. The predicted octanol–water partition coefficient (Wildman–Crippen LogP) is 6.20. The molecule has 1 aromatic heterocycles. The summed E-state index contributed by atoms with van der Waals surface area (Å²) in [5.74, 6) is 2.06. The van der Waals surface area contributed by atoms with Gasteiger partial charge in [-0.3, -0.25) is 9.79 Å². The van der Waals surface area contributed by atoms with E-state index in [0.29, 0.717) is 11.1 Å². The number of carbonyl (C=O) groups is 1. The third-order valence-corrected chi connectivity index (χ3v) is 7.64. The van der Waals surface area contributed by atoms with Crippen LogP contribution >= 0.6 is 23.1 Å². The molecule has 1 aliphatic carbocycles. The zero-order valence-electron chi connectivity index (χ0n) is 20.0. The number of guanidine groups is 1. The van der Waals surface area contributed by atoms with Crippen LogP contribution in [0.4, 0.5) is 10.8 Å². The third kappa shape index (κ3) is 7.24. The second-order valence-electron chi connectivity index (χ2n) is 8.78. The standard InChI is InChI=1S/C25H32N6OS2/c1-4-5-14-26-21-13-6-16(2)23(30-24(29-21)31-25-27-15-17(3)33-25)34-20-11-9-19(10-12-20)28-22(32)18-7-8-18/h9-12,15-16,18H,4-8,13-14H2,1-3H3,(H,28,32)(H,26,27,29,31). The molecule has 1 aromatic carbocycles. The maximum Gasteiger partial charge on any atom is 0.231 e. The fourth-order valence-corrected chi connectivity index (χ4v) is 4.98. The molecule has 0 radical (unpaired) electrons. The van der Waals surface area contributed by atoms with Crippen LogP contribution in [0.15, 0.2) is 50.3 Å². The number of hydrogen-bond donors (Lipinski definition) is 2. The summed E-state index contributed by atoms with van der Waals surface area (Å²) in [6, 6.07) is 7.99. The summed E-state index contributed by atoms with van der Waals surface area (Å²) < 4.78 is 0. The average molecular weight is 497 g/mol. The van der Waals surface area contributed by atoms with Crippen molar-refractivity contribution in [1.82, 2.24) is 10.3 Å². The largest absolute Gasteiger partial charge is 0.326 e. The molecule has 1 unspecified atom stereocenters. The lowest BCUT2D eigenvalue weighted by Gasteiger charge is -2.20. The average Bonchev–Trinajstić information content (AvgIpc) is 3.59. The normalized spacial score (nSPS) is 21.0. The smallest absolute Gasteiger partial charge is 0.231 e. The Kier molecular flexibility index (Phi) is 8.50. The first-order valence-electron chi connectivity index (χ1n) is 12.0. The summed E-state index contributed by atoms with van der Waals surface area (Å²) in [6.07, 6.45) is 7.83. The van der Waals surface area contributed by atoms with E-state index in [4.69, 9.17) is 15.0 Å². The van der Waals surface area contributed by atoms with E-state index >= 15 is 0 Å². The van der Waals surface area contributed by atoms with Crippen molar-refractivity contribution in [3.8, 4) is 0 Å². The zero-order valence-corrected chi connectivity index (χ0v) is 21.6. The molecular weight excluding hydrogens is 464 g/mol. The second-order valence-corrected chi connectivity index (χ2v) is 11.1. The van der Waals surface area contributed by atoms with Crippen molar-refractivity contribution < 1.29 is 4.79 Å².